The molecule has 2 aromatic carbocycles. The summed E-state index contributed by atoms with van der Waals surface area (Å²) >= 11 is 0. The van der Waals surface area contributed by atoms with Gasteiger partial charge in [-0.3, -0.25) is 10.1 Å². The van der Waals surface area contributed by atoms with Crippen molar-refractivity contribution in [2.45, 2.75) is 6.42 Å². The average molecular weight is 244 g/mol. The highest BCUT2D eigenvalue weighted by atomic mass is 16.6. The second-order valence-electron chi connectivity index (χ2n) is 3.73. The molecule has 0 radical (unpaired) electrons. The van der Waals surface area contributed by atoms with Gasteiger partial charge in [0.15, 0.2) is 0 Å². The maximum absolute atomic E-state index is 11.2. The van der Waals surface area contributed by atoms with Gasteiger partial charge in [-0.25, -0.2) is 0 Å². The highest BCUT2D eigenvalue weighted by Gasteiger charge is 2.17. The van der Waals surface area contributed by atoms with E-state index in [9.17, 15) is 10.1 Å². The number of hydrogen-bond acceptors (Lipinski definition) is 4. The van der Waals surface area contributed by atoms with Gasteiger partial charge in [-0.15, -0.1) is 0 Å². The van der Waals surface area contributed by atoms with Gasteiger partial charge in [0.25, 0.3) is 5.69 Å². The minimum atomic E-state index is -0.349. The zero-order valence-electron chi connectivity index (χ0n) is 9.87. The van der Waals surface area contributed by atoms with Gasteiger partial charge < -0.3 is 4.84 Å². The molecule has 0 fully saturated rings. The Morgan fingerprint density at radius 2 is 2.11 bits per heavy atom. The summed E-state index contributed by atoms with van der Waals surface area (Å²) in [5.41, 5.74) is 0.759. The molecule has 2 aromatic rings. The normalized spacial score (nSPS) is 10.9. The summed E-state index contributed by atoms with van der Waals surface area (Å²) in [5.74, 6) is 0. The number of rotatable bonds is 4. The molecular formula is C13H12N2O3. The van der Waals surface area contributed by atoms with E-state index in [4.69, 9.17) is 0 Å². The average Bonchev–Trinajstić information content (AvgIpc) is 2.38. The van der Waals surface area contributed by atoms with E-state index in [1.807, 2.05) is 18.2 Å². The van der Waals surface area contributed by atoms with Gasteiger partial charge >= 0.3 is 0 Å². The molecule has 92 valence electrons. The number of nitro benzene ring substituents is 1. The van der Waals surface area contributed by atoms with Gasteiger partial charge in [-0.1, -0.05) is 35.5 Å². The summed E-state index contributed by atoms with van der Waals surface area (Å²) in [6.07, 6.45) is 1.88. The predicted octanol–water partition coefficient (Wildman–Crippen LogP) is 2.92. The number of nitro groups is 1. The summed E-state index contributed by atoms with van der Waals surface area (Å²) < 4.78 is 0. The Balaban J connectivity index is 2.56. The quantitative estimate of drug-likeness (QED) is 0.472. The number of oxime groups is 1. The molecule has 0 N–H and O–H groups in total. The zero-order valence-corrected chi connectivity index (χ0v) is 9.87. The molecule has 0 atom stereocenters. The van der Waals surface area contributed by atoms with Crippen LogP contribution in [0.15, 0.2) is 41.6 Å². The Kier molecular flexibility index (Phi) is 3.52. The first kappa shape index (κ1) is 12.0. The van der Waals surface area contributed by atoms with Crippen molar-refractivity contribution >= 4 is 22.7 Å². The Morgan fingerprint density at radius 1 is 1.33 bits per heavy atom. The smallest absolute Gasteiger partial charge is 0.280 e. The molecule has 0 bridgehead atoms. The van der Waals surface area contributed by atoms with Gasteiger partial charge in [0.05, 0.1) is 10.3 Å². The molecule has 0 amide bonds. The van der Waals surface area contributed by atoms with Crippen LogP contribution in [0.3, 0.4) is 0 Å². The van der Waals surface area contributed by atoms with Crippen molar-refractivity contribution in [3.05, 3.63) is 52.1 Å². The Morgan fingerprint density at radius 3 is 2.83 bits per heavy atom. The molecule has 2 rings (SSSR count). The summed E-state index contributed by atoms with van der Waals surface area (Å²) in [5, 5.41) is 16.3. The van der Waals surface area contributed by atoms with Crippen molar-refractivity contribution in [1.29, 1.82) is 0 Å². The van der Waals surface area contributed by atoms with E-state index in [-0.39, 0.29) is 10.6 Å². The Bertz CT molecular complexity index is 608. The summed E-state index contributed by atoms with van der Waals surface area (Å²) in [4.78, 5) is 15.4. The van der Waals surface area contributed by atoms with E-state index < -0.39 is 0 Å². The Labute approximate surface area is 104 Å². The largest absolute Gasteiger partial charge is 0.399 e. The summed E-state index contributed by atoms with van der Waals surface area (Å²) in [6, 6.07) is 10.9. The first-order chi connectivity index (χ1) is 8.74. The topological polar surface area (TPSA) is 64.7 Å². The fraction of sp³-hybridized carbons (Fsp3) is 0.154. The molecule has 0 spiro atoms. The number of nitrogens with zero attached hydrogens (tertiary/aromatic N) is 2. The first-order valence-corrected chi connectivity index (χ1v) is 5.44. The zero-order chi connectivity index (χ0) is 13.0. The van der Waals surface area contributed by atoms with Crippen molar-refractivity contribution in [1.82, 2.24) is 0 Å². The van der Waals surface area contributed by atoms with Crippen LogP contribution in [0.1, 0.15) is 5.56 Å². The Hall–Kier alpha value is -2.43. The minimum absolute atomic E-state index is 0.135. The fourth-order valence-electron chi connectivity index (χ4n) is 1.89. The maximum Gasteiger partial charge on any atom is 0.280 e. The molecule has 0 aliphatic carbocycles. The molecule has 0 aromatic heterocycles. The molecule has 18 heavy (non-hydrogen) atoms. The van der Waals surface area contributed by atoms with E-state index in [0.29, 0.717) is 17.4 Å². The second-order valence-corrected chi connectivity index (χ2v) is 3.73. The van der Waals surface area contributed by atoms with Gasteiger partial charge in [0.1, 0.15) is 7.11 Å². The van der Waals surface area contributed by atoms with Gasteiger partial charge in [-0.05, 0) is 11.5 Å². The van der Waals surface area contributed by atoms with Crippen molar-refractivity contribution in [3.63, 3.8) is 0 Å². The lowest BCUT2D eigenvalue weighted by Crippen LogP contribution is -1.97. The van der Waals surface area contributed by atoms with Crippen LogP contribution in [0, 0.1) is 10.1 Å². The lowest BCUT2D eigenvalue weighted by molar-refractivity contribution is -0.383. The van der Waals surface area contributed by atoms with Crippen LogP contribution in [0.4, 0.5) is 5.69 Å². The van der Waals surface area contributed by atoms with Gasteiger partial charge in [0.2, 0.25) is 0 Å². The molecule has 0 unspecified atom stereocenters. The van der Waals surface area contributed by atoms with Crippen molar-refractivity contribution in [3.8, 4) is 0 Å². The van der Waals surface area contributed by atoms with E-state index >= 15 is 0 Å². The standard InChI is InChI=1S/C13H12N2O3/c1-18-14-9-8-11-7-6-10-4-2-3-5-12(10)13(11)15(16)17/h2-7,9H,8H2,1H3/b14-9-. The summed E-state index contributed by atoms with van der Waals surface area (Å²) in [6.45, 7) is 0. The maximum atomic E-state index is 11.2. The molecule has 0 aliphatic heterocycles. The fourth-order valence-corrected chi connectivity index (χ4v) is 1.89. The first-order valence-electron chi connectivity index (χ1n) is 5.44. The number of fused-ring (bicyclic) bond motifs is 1. The van der Waals surface area contributed by atoms with Crippen LogP contribution in [-0.4, -0.2) is 18.2 Å². The lowest BCUT2D eigenvalue weighted by atomic mass is 10.0. The molecule has 0 heterocycles. The van der Waals surface area contributed by atoms with Crippen molar-refractivity contribution in [2.24, 2.45) is 5.16 Å². The molecule has 5 nitrogen and oxygen atoms in total. The van der Waals surface area contributed by atoms with Gasteiger partial charge in [0, 0.05) is 18.2 Å². The second kappa shape index (κ2) is 5.27. The molecule has 0 aliphatic rings. The SMILES string of the molecule is CO/N=C\Cc1ccc2ccccc2c1[N+](=O)[O-]. The number of benzene rings is 2. The van der Waals surface area contributed by atoms with Gasteiger partial charge in [-0.2, -0.15) is 0 Å². The monoisotopic (exact) mass is 244 g/mol. The third-order valence-electron chi connectivity index (χ3n) is 2.66. The van der Waals surface area contributed by atoms with Crippen LogP contribution in [-0.2, 0) is 11.3 Å². The van der Waals surface area contributed by atoms with E-state index in [1.165, 1.54) is 13.3 Å². The van der Waals surface area contributed by atoms with E-state index in [0.717, 1.165) is 5.39 Å². The van der Waals surface area contributed by atoms with Crippen LogP contribution in [0.2, 0.25) is 0 Å². The molecular weight excluding hydrogens is 232 g/mol. The van der Waals surface area contributed by atoms with Crippen LogP contribution >= 0.6 is 0 Å². The van der Waals surface area contributed by atoms with E-state index in [2.05, 4.69) is 9.99 Å². The minimum Gasteiger partial charge on any atom is -0.399 e. The molecule has 5 heteroatoms. The highest BCUT2D eigenvalue weighted by Crippen LogP contribution is 2.29. The predicted molar refractivity (Wildman–Crippen MR) is 69.8 cm³/mol. The van der Waals surface area contributed by atoms with E-state index in [1.54, 1.807) is 18.2 Å². The van der Waals surface area contributed by atoms with Crippen molar-refractivity contribution < 1.29 is 9.76 Å². The highest BCUT2D eigenvalue weighted by molar-refractivity contribution is 5.93. The third kappa shape index (κ3) is 2.29. The van der Waals surface area contributed by atoms with Crippen LogP contribution < -0.4 is 0 Å². The molecule has 0 saturated carbocycles. The number of hydrogen-bond donors (Lipinski definition) is 0. The summed E-state index contributed by atoms with van der Waals surface area (Å²) in [7, 11) is 1.44. The molecule has 0 saturated heterocycles. The van der Waals surface area contributed by atoms with Crippen LogP contribution in [0.5, 0.6) is 0 Å². The third-order valence-corrected chi connectivity index (χ3v) is 2.66. The lowest BCUT2D eigenvalue weighted by Gasteiger charge is -2.04. The van der Waals surface area contributed by atoms with Crippen LogP contribution in [0.25, 0.3) is 10.8 Å². The van der Waals surface area contributed by atoms with Crippen molar-refractivity contribution in [2.75, 3.05) is 7.11 Å².